The molecule has 0 saturated heterocycles. The van der Waals surface area contributed by atoms with Crippen LogP contribution in [0.25, 0.3) is 0 Å². The van der Waals surface area contributed by atoms with Crippen LogP contribution in [0.3, 0.4) is 0 Å². The number of rotatable bonds is 8. The Hall–Kier alpha value is -2.54. The summed E-state index contributed by atoms with van der Waals surface area (Å²) in [5, 5.41) is 2.35. The summed E-state index contributed by atoms with van der Waals surface area (Å²) < 4.78 is 32.2. The molecule has 2 aromatic carbocycles. The lowest BCUT2D eigenvalue weighted by Gasteiger charge is -2.20. The molecular weight excluding hydrogens is 364 g/mol. The van der Waals surface area contributed by atoms with Crippen molar-refractivity contribution in [1.82, 2.24) is 5.32 Å². The number of carbonyl (C=O) groups is 1. The standard InChI is InChI=1S/C20H26N2O4S/c1-5-18(15-9-7-6-8-10-15)21-20(23)17-13-16(26-4)11-12-19(17)22-27(24,25)14(2)3/h6-14,18,22H,5H2,1-4H3,(H,21,23). The molecule has 1 atom stereocenters. The minimum Gasteiger partial charge on any atom is -0.497 e. The van der Waals surface area contributed by atoms with Crippen LogP contribution >= 0.6 is 0 Å². The summed E-state index contributed by atoms with van der Waals surface area (Å²) in [5.41, 5.74) is 1.43. The maximum atomic E-state index is 12.9. The summed E-state index contributed by atoms with van der Waals surface area (Å²) >= 11 is 0. The van der Waals surface area contributed by atoms with E-state index in [0.29, 0.717) is 12.2 Å². The van der Waals surface area contributed by atoms with Crippen LogP contribution in [-0.4, -0.2) is 26.7 Å². The highest BCUT2D eigenvalue weighted by atomic mass is 32.2. The van der Waals surface area contributed by atoms with Crippen LogP contribution < -0.4 is 14.8 Å². The molecule has 0 aromatic heterocycles. The highest BCUT2D eigenvalue weighted by Crippen LogP contribution is 2.25. The molecule has 0 radical (unpaired) electrons. The van der Waals surface area contributed by atoms with Crippen molar-refractivity contribution in [2.75, 3.05) is 11.8 Å². The van der Waals surface area contributed by atoms with Gasteiger partial charge in [0, 0.05) is 0 Å². The molecule has 1 unspecified atom stereocenters. The SMILES string of the molecule is CCC(NC(=O)c1cc(OC)ccc1NS(=O)(=O)C(C)C)c1ccccc1. The van der Waals surface area contributed by atoms with Crippen LogP contribution in [0.4, 0.5) is 5.69 Å². The van der Waals surface area contributed by atoms with Crippen molar-refractivity contribution in [2.24, 2.45) is 0 Å². The lowest BCUT2D eigenvalue weighted by atomic mass is 10.0. The molecule has 146 valence electrons. The molecule has 0 heterocycles. The van der Waals surface area contributed by atoms with Gasteiger partial charge in [-0.3, -0.25) is 9.52 Å². The molecule has 1 amide bonds. The van der Waals surface area contributed by atoms with Crippen molar-refractivity contribution >= 4 is 21.6 Å². The fourth-order valence-corrected chi connectivity index (χ4v) is 3.26. The Morgan fingerprint density at radius 3 is 2.33 bits per heavy atom. The van der Waals surface area contributed by atoms with Gasteiger partial charge in [-0.05, 0) is 44.0 Å². The Bertz CT molecular complexity index is 880. The molecule has 0 aliphatic rings. The number of hydrogen-bond acceptors (Lipinski definition) is 4. The maximum absolute atomic E-state index is 12.9. The molecule has 0 bridgehead atoms. The first-order chi connectivity index (χ1) is 12.8. The van der Waals surface area contributed by atoms with E-state index in [1.165, 1.54) is 19.2 Å². The summed E-state index contributed by atoms with van der Waals surface area (Å²) in [6, 6.07) is 14.1. The number of methoxy groups -OCH3 is 1. The molecule has 0 saturated carbocycles. The van der Waals surface area contributed by atoms with Gasteiger partial charge in [-0.25, -0.2) is 8.42 Å². The summed E-state index contributed by atoms with van der Waals surface area (Å²) in [4.78, 5) is 12.9. The zero-order valence-electron chi connectivity index (χ0n) is 16.0. The summed E-state index contributed by atoms with van der Waals surface area (Å²) in [6.45, 7) is 5.13. The van der Waals surface area contributed by atoms with E-state index in [4.69, 9.17) is 4.74 Å². The van der Waals surface area contributed by atoms with Crippen LogP contribution in [0.1, 0.15) is 49.2 Å². The maximum Gasteiger partial charge on any atom is 0.254 e. The van der Waals surface area contributed by atoms with Gasteiger partial charge in [0.15, 0.2) is 0 Å². The van der Waals surface area contributed by atoms with Gasteiger partial charge in [0.05, 0.1) is 29.7 Å². The summed E-state index contributed by atoms with van der Waals surface area (Å²) in [7, 11) is -2.09. The lowest BCUT2D eigenvalue weighted by Crippen LogP contribution is -2.30. The molecule has 0 fully saturated rings. The number of nitrogens with one attached hydrogen (secondary N) is 2. The van der Waals surface area contributed by atoms with E-state index in [0.717, 1.165) is 5.56 Å². The Balaban J connectivity index is 2.35. The van der Waals surface area contributed by atoms with E-state index in [1.807, 2.05) is 37.3 Å². The van der Waals surface area contributed by atoms with E-state index in [2.05, 4.69) is 10.0 Å². The number of anilines is 1. The minimum absolute atomic E-state index is 0.181. The molecule has 27 heavy (non-hydrogen) atoms. The third kappa shape index (κ3) is 5.23. The number of amides is 1. The quantitative estimate of drug-likeness (QED) is 0.719. The molecule has 0 spiro atoms. The first-order valence-electron chi connectivity index (χ1n) is 8.84. The van der Waals surface area contributed by atoms with Crippen molar-refractivity contribution in [3.05, 3.63) is 59.7 Å². The average molecular weight is 391 g/mol. The Kier molecular flexibility index (Phi) is 6.85. The number of carbonyl (C=O) groups excluding carboxylic acids is 1. The molecule has 2 rings (SSSR count). The Morgan fingerprint density at radius 1 is 1.11 bits per heavy atom. The zero-order valence-corrected chi connectivity index (χ0v) is 16.8. The third-order valence-corrected chi connectivity index (χ3v) is 6.01. The fourth-order valence-electron chi connectivity index (χ4n) is 2.54. The molecule has 7 heteroatoms. The first kappa shape index (κ1) is 20.8. The minimum atomic E-state index is -3.58. The normalized spacial score (nSPS) is 12.5. The molecule has 0 aliphatic carbocycles. The number of hydrogen-bond donors (Lipinski definition) is 2. The van der Waals surface area contributed by atoms with Crippen molar-refractivity contribution in [3.8, 4) is 5.75 Å². The van der Waals surface area contributed by atoms with E-state index < -0.39 is 15.3 Å². The van der Waals surface area contributed by atoms with Crippen LogP contribution in [0.5, 0.6) is 5.75 Å². The molecule has 2 aromatic rings. The van der Waals surface area contributed by atoms with Gasteiger partial charge in [0.25, 0.3) is 5.91 Å². The number of sulfonamides is 1. The summed E-state index contributed by atoms with van der Waals surface area (Å²) in [6.07, 6.45) is 0.701. The van der Waals surface area contributed by atoms with E-state index in [-0.39, 0.29) is 23.2 Å². The predicted molar refractivity (Wildman–Crippen MR) is 108 cm³/mol. The highest BCUT2D eigenvalue weighted by Gasteiger charge is 2.22. The van der Waals surface area contributed by atoms with E-state index >= 15 is 0 Å². The molecule has 0 aliphatic heterocycles. The van der Waals surface area contributed by atoms with Crippen LogP contribution in [-0.2, 0) is 10.0 Å². The number of ether oxygens (including phenoxy) is 1. The highest BCUT2D eigenvalue weighted by molar-refractivity contribution is 7.93. The first-order valence-corrected chi connectivity index (χ1v) is 10.4. The van der Waals surface area contributed by atoms with Crippen molar-refractivity contribution in [3.63, 3.8) is 0 Å². The van der Waals surface area contributed by atoms with Crippen molar-refractivity contribution in [2.45, 2.75) is 38.5 Å². The van der Waals surface area contributed by atoms with E-state index in [9.17, 15) is 13.2 Å². The van der Waals surface area contributed by atoms with Gasteiger partial charge in [0.1, 0.15) is 5.75 Å². The second kappa shape index (κ2) is 8.90. The van der Waals surface area contributed by atoms with Gasteiger partial charge < -0.3 is 10.1 Å². The predicted octanol–water partition coefficient (Wildman–Crippen LogP) is 3.73. The number of benzene rings is 2. The Morgan fingerprint density at radius 2 is 1.78 bits per heavy atom. The zero-order chi connectivity index (χ0) is 20.0. The largest absolute Gasteiger partial charge is 0.497 e. The van der Waals surface area contributed by atoms with Gasteiger partial charge in [-0.1, -0.05) is 37.3 Å². The Labute approximate surface area is 161 Å². The van der Waals surface area contributed by atoms with Crippen LogP contribution in [0.2, 0.25) is 0 Å². The smallest absolute Gasteiger partial charge is 0.254 e. The average Bonchev–Trinajstić information content (AvgIpc) is 2.66. The van der Waals surface area contributed by atoms with E-state index in [1.54, 1.807) is 19.9 Å². The molecule has 6 nitrogen and oxygen atoms in total. The van der Waals surface area contributed by atoms with Gasteiger partial charge >= 0.3 is 0 Å². The fraction of sp³-hybridized carbons (Fsp3) is 0.350. The van der Waals surface area contributed by atoms with Gasteiger partial charge in [0.2, 0.25) is 10.0 Å². The lowest BCUT2D eigenvalue weighted by molar-refractivity contribution is 0.0936. The monoisotopic (exact) mass is 390 g/mol. The van der Waals surface area contributed by atoms with Crippen LogP contribution in [0.15, 0.2) is 48.5 Å². The molecular formula is C20H26N2O4S. The second-order valence-electron chi connectivity index (χ2n) is 6.45. The van der Waals surface area contributed by atoms with Gasteiger partial charge in [-0.15, -0.1) is 0 Å². The van der Waals surface area contributed by atoms with Crippen molar-refractivity contribution < 1.29 is 17.9 Å². The second-order valence-corrected chi connectivity index (χ2v) is 8.69. The van der Waals surface area contributed by atoms with Crippen molar-refractivity contribution in [1.29, 1.82) is 0 Å². The van der Waals surface area contributed by atoms with Crippen LogP contribution in [0, 0.1) is 0 Å². The summed E-state index contributed by atoms with van der Waals surface area (Å²) in [5.74, 6) is 0.103. The van der Waals surface area contributed by atoms with Gasteiger partial charge in [-0.2, -0.15) is 0 Å². The molecule has 2 N–H and O–H groups in total. The topological polar surface area (TPSA) is 84.5 Å². The third-order valence-electron chi connectivity index (χ3n) is 4.26.